The zero-order chi connectivity index (χ0) is 13.1. The summed E-state index contributed by atoms with van der Waals surface area (Å²) in [5.74, 6) is 1.13. The second-order valence-electron chi connectivity index (χ2n) is 5.10. The summed E-state index contributed by atoms with van der Waals surface area (Å²) in [5.41, 5.74) is 1.07. The van der Waals surface area contributed by atoms with Crippen LogP contribution in [0.1, 0.15) is 38.3 Å². The van der Waals surface area contributed by atoms with Gasteiger partial charge in [-0.1, -0.05) is 22.9 Å². The van der Waals surface area contributed by atoms with Crippen molar-refractivity contribution in [2.24, 2.45) is 0 Å². The predicted molar refractivity (Wildman–Crippen MR) is 84.7 cm³/mol. The highest BCUT2D eigenvalue weighted by Gasteiger charge is 2.24. The van der Waals surface area contributed by atoms with Gasteiger partial charge in [0.2, 0.25) is 0 Å². The molecule has 2 rings (SSSR count). The van der Waals surface area contributed by atoms with Gasteiger partial charge in [0.15, 0.2) is 0 Å². The summed E-state index contributed by atoms with van der Waals surface area (Å²) in [6.45, 7) is 5.42. The molecule has 0 spiro atoms. The van der Waals surface area contributed by atoms with Crippen LogP contribution in [0, 0.1) is 6.92 Å². The second kappa shape index (κ2) is 6.38. The van der Waals surface area contributed by atoms with Gasteiger partial charge in [0.25, 0.3) is 0 Å². The molecule has 1 fully saturated rings. The first-order chi connectivity index (χ1) is 8.58. The molecule has 1 saturated heterocycles. The number of alkyl halides is 1. The highest BCUT2D eigenvalue weighted by atomic mass is 79.9. The zero-order valence-electron chi connectivity index (χ0n) is 11.0. The number of hydrogen-bond acceptors (Lipinski definition) is 2. The summed E-state index contributed by atoms with van der Waals surface area (Å²) in [6.07, 6.45) is 5.10. The number of pyridine rings is 1. The molecule has 1 aromatic rings. The normalized spacial score (nSPS) is 22.0. The summed E-state index contributed by atoms with van der Waals surface area (Å²) >= 11 is 7.20. The summed E-state index contributed by atoms with van der Waals surface area (Å²) in [4.78, 5) is 7.77. The first-order valence-corrected chi connectivity index (χ1v) is 8.32. The SMILES string of the molecule is Cc1nc(N2CCCCC2CC(C)Br)ccc1Br. The molecule has 0 aromatic carbocycles. The smallest absolute Gasteiger partial charge is 0.129 e. The minimum atomic E-state index is 0.569. The van der Waals surface area contributed by atoms with Crippen molar-refractivity contribution in [3.05, 3.63) is 22.3 Å². The standard InChI is InChI=1S/C14H20Br2N2/c1-10(15)9-12-5-3-4-8-18(12)14-7-6-13(16)11(2)17-14/h6-7,10,12H,3-5,8-9H2,1-2H3. The number of piperidine rings is 1. The molecule has 1 aromatic heterocycles. The fourth-order valence-corrected chi connectivity index (χ4v) is 3.27. The Morgan fingerprint density at radius 2 is 2.22 bits per heavy atom. The van der Waals surface area contributed by atoms with Gasteiger partial charge in [-0.2, -0.15) is 0 Å². The first kappa shape index (κ1) is 14.3. The highest BCUT2D eigenvalue weighted by molar-refractivity contribution is 9.10. The van der Waals surface area contributed by atoms with Gasteiger partial charge < -0.3 is 4.90 Å². The van der Waals surface area contributed by atoms with Crippen LogP contribution in [0.5, 0.6) is 0 Å². The number of nitrogens with zero attached hydrogens (tertiary/aromatic N) is 2. The van der Waals surface area contributed by atoms with Crippen LogP contribution >= 0.6 is 31.9 Å². The summed E-state index contributed by atoms with van der Waals surface area (Å²) in [7, 11) is 0. The molecule has 2 heterocycles. The van der Waals surface area contributed by atoms with Gasteiger partial charge in [-0.3, -0.25) is 0 Å². The van der Waals surface area contributed by atoms with Crippen molar-refractivity contribution in [1.29, 1.82) is 0 Å². The topological polar surface area (TPSA) is 16.1 Å². The average Bonchev–Trinajstić information content (AvgIpc) is 2.33. The lowest BCUT2D eigenvalue weighted by molar-refractivity contribution is 0.436. The first-order valence-electron chi connectivity index (χ1n) is 6.62. The second-order valence-corrected chi connectivity index (χ2v) is 7.51. The largest absolute Gasteiger partial charge is 0.354 e. The van der Waals surface area contributed by atoms with Crippen molar-refractivity contribution in [2.75, 3.05) is 11.4 Å². The third kappa shape index (κ3) is 3.47. The minimum Gasteiger partial charge on any atom is -0.354 e. The van der Waals surface area contributed by atoms with Crippen LogP contribution in [0.2, 0.25) is 0 Å². The molecule has 1 aliphatic heterocycles. The Hall–Kier alpha value is -0.0900. The number of hydrogen-bond donors (Lipinski definition) is 0. The van der Waals surface area contributed by atoms with Crippen LogP contribution < -0.4 is 4.90 Å². The van der Waals surface area contributed by atoms with Gasteiger partial charge in [0.05, 0.1) is 5.69 Å². The van der Waals surface area contributed by atoms with E-state index in [1.165, 1.54) is 25.7 Å². The molecule has 0 aliphatic carbocycles. The van der Waals surface area contributed by atoms with E-state index >= 15 is 0 Å². The van der Waals surface area contributed by atoms with Gasteiger partial charge in [0.1, 0.15) is 5.82 Å². The zero-order valence-corrected chi connectivity index (χ0v) is 14.2. The molecule has 2 nitrogen and oxygen atoms in total. The van der Waals surface area contributed by atoms with Crippen molar-refractivity contribution in [3.63, 3.8) is 0 Å². The molecule has 0 N–H and O–H groups in total. The molecular formula is C14H20Br2N2. The van der Waals surface area contributed by atoms with E-state index in [1.807, 2.05) is 0 Å². The van der Waals surface area contributed by atoms with Crippen molar-refractivity contribution in [3.8, 4) is 0 Å². The van der Waals surface area contributed by atoms with Gasteiger partial charge in [0, 0.05) is 21.9 Å². The third-order valence-electron chi connectivity index (χ3n) is 3.52. The molecule has 0 saturated carbocycles. The number of halogens is 2. The highest BCUT2D eigenvalue weighted by Crippen LogP contribution is 2.28. The monoisotopic (exact) mass is 374 g/mol. The van der Waals surface area contributed by atoms with Gasteiger partial charge in [-0.15, -0.1) is 0 Å². The quantitative estimate of drug-likeness (QED) is 0.712. The average molecular weight is 376 g/mol. The molecule has 0 bridgehead atoms. The molecule has 1 aliphatic rings. The number of anilines is 1. The fourth-order valence-electron chi connectivity index (χ4n) is 2.61. The number of rotatable bonds is 3. The van der Waals surface area contributed by atoms with E-state index in [0.717, 1.165) is 22.5 Å². The molecule has 4 heteroatoms. The van der Waals surface area contributed by atoms with Crippen molar-refractivity contribution >= 4 is 37.7 Å². The van der Waals surface area contributed by atoms with E-state index in [9.17, 15) is 0 Å². The Bertz CT molecular complexity index is 407. The lowest BCUT2D eigenvalue weighted by Gasteiger charge is -2.37. The predicted octanol–water partition coefficient (Wildman–Crippen LogP) is 4.68. The Morgan fingerprint density at radius 3 is 2.89 bits per heavy atom. The fraction of sp³-hybridized carbons (Fsp3) is 0.643. The van der Waals surface area contributed by atoms with Gasteiger partial charge in [-0.05, 0) is 60.7 Å². The van der Waals surface area contributed by atoms with E-state index in [-0.39, 0.29) is 0 Å². The van der Waals surface area contributed by atoms with Crippen LogP contribution in [0.4, 0.5) is 5.82 Å². The maximum atomic E-state index is 4.72. The van der Waals surface area contributed by atoms with E-state index in [4.69, 9.17) is 4.98 Å². The van der Waals surface area contributed by atoms with E-state index < -0.39 is 0 Å². The van der Waals surface area contributed by atoms with Crippen molar-refractivity contribution < 1.29 is 0 Å². The van der Waals surface area contributed by atoms with E-state index in [2.05, 4.69) is 62.7 Å². The van der Waals surface area contributed by atoms with E-state index in [1.54, 1.807) is 0 Å². The van der Waals surface area contributed by atoms with Crippen LogP contribution in [-0.2, 0) is 0 Å². The molecular weight excluding hydrogens is 356 g/mol. The lowest BCUT2D eigenvalue weighted by Crippen LogP contribution is -2.41. The molecule has 2 unspecified atom stereocenters. The Labute approximate surface area is 126 Å². The van der Waals surface area contributed by atoms with Gasteiger partial charge in [-0.25, -0.2) is 4.98 Å². The third-order valence-corrected chi connectivity index (χ3v) is 4.74. The van der Waals surface area contributed by atoms with Crippen molar-refractivity contribution in [1.82, 2.24) is 4.98 Å². The minimum absolute atomic E-state index is 0.569. The number of aryl methyl sites for hydroxylation is 1. The van der Waals surface area contributed by atoms with E-state index in [0.29, 0.717) is 10.9 Å². The summed E-state index contributed by atoms with van der Waals surface area (Å²) in [6, 6.07) is 4.87. The summed E-state index contributed by atoms with van der Waals surface area (Å²) < 4.78 is 1.09. The lowest BCUT2D eigenvalue weighted by atomic mass is 9.98. The molecule has 0 radical (unpaired) electrons. The number of aromatic nitrogens is 1. The maximum Gasteiger partial charge on any atom is 0.129 e. The molecule has 2 atom stereocenters. The Kier molecular flexibility index (Phi) is 5.07. The van der Waals surface area contributed by atoms with Gasteiger partial charge >= 0.3 is 0 Å². The molecule has 0 amide bonds. The van der Waals surface area contributed by atoms with Crippen LogP contribution in [0.3, 0.4) is 0 Å². The van der Waals surface area contributed by atoms with Crippen LogP contribution in [0.15, 0.2) is 16.6 Å². The molecule has 18 heavy (non-hydrogen) atoms. The summed E-state index contributed by atoms with van der Waals surface area (Å²) in [5, 5.41) is 0. The van der Waals surface area contributed by atoms with Crippen molar-refractivity contribution in [2.45, 2.75) is 50.4 Å². The van der Waals surface area contributed by atoms with Crippen LogP contribution in [0.25, 0.3) is 0 Å². The maximum absolute atomic E-state index is 4.72. The Morgan fingerprint density at radius 1 is 1.44 bits per heavy atom. The Balaban J connectivity index is 2.19. The molecule has 100 valence electrons. The van der Waals surface area contributed by atoms with Crippen LogP contribution in [-0.4, -0.2) is 22.4 Å².